The molecule has 0 aromatic carbocycles. The van der Waals surface area contributed by atoms with Crippen molar-refractivity contribution in [3.8, 4) is 5.75 Å². The van der Waals surface area contributed by atoms with Gasteiger partial charge in [0.1, 0.15) is 6.33 Å². The minimum Gasteiger partial charge on any atom is -0.490 e. The van der Waals surface area contributed by atoms with Crippen LogP contribution in [0.3, 0.4) is 0 Å². The SMILES string of the molecule is COc1c(NN)ncnc1NCCC(=O)N1CCCC1. The second kappa shape index (κ2) is 6.90. The average molecular weight is 280 g/mol. The van der Waals surface area contributed by atoms with E-state index in [1.165, 1.54) is 13.4 Å². The van der Waals surface area contributed by atoms with E-state index in [2.05, 4.69) is 20.7 Å². The first-order valence-corrected chi connectivity index (χ1v) is 6.63. The Balaban J connectivity index is 1.89. The van der Waals surface area contributed by atoms with Gasteiger partial charge in [0.05, 0.1) is 7.11 Å². The van der Waals surface area contributed by atoms with Crippen molar-refractivity contribution in [3.05, 3.63) is 6.33 Å². The molecule has 8 heteroatoms. The predicted molar refractivity (Wildman–Crippen MR) is 75.3 cm³/mol. The molecule has 1 fully saturated rings. The van der Waals surface area contributed by atoms with E-state index in [4.69, 9.17) is 10.6 Å². The van der Waals surface area contributed by atoms with Gasteiger partial charge in [-0.25, -0.2) is 15.8 Å². The van der Waals surface area contributed by atoms with Crippen molar-refractivity contribution < 1.29 is 9.53 Å². The summed E-state index contributed by atoms with van der Waals surface area (Å²) in [4.78, 5) is 21.8. The van der Waals surface area contributed by atoms with Crippen molar-refractivity contribution in [2.45, 2.75) is 19.3 Å². The lowest BCUT2D eigenvalue weighted by atomic mass is 10.3. The number of nitrogens with two attached hydrogens (primary N) is 1. The van der Waals surface area contributed by atoms with Gasteiger partial charge in [0.25, 0.3) is 0 Å². The number of amides is 1. The van der Waals surface area contributed by atoms with Crippen LogP contribution in [-0.4, -0.2) is 47.5 Å². The molecule has 0 unspecified atom stereocenters. The number of hydrogen-bond donors (Lipinski definition) is 3. The molecule has 1 aliphatic rings. The van der Waals surface area contributed by atoms with Crippen molar-refractivity contribution in [2.75, 3.05) is 37.5 Å². The fourth-order valence-corrected chi connectivity index (χ4v) is 2.21. The van der Waals surface area contributed by atoms with Gasteiger partial charge >= 0.3 is 0 Å². The number of nitrogen functional groups attached to an aromatic ring is 1. The number of aromatic nitrogens is 2. The van der Waals surface area contributed by atoms with Crippen molar-refractivity contribution in [2.24, 2.45) is 5.84 Å². The summed E-state index contributed by atoms with van der Waals surface area (Å²) >= 11 is 0. The average Bonchev–Trinajstić information content (AvgIpc) is 3.01. The van der Waals surface area contributed by atoms with Gasteiger partial charge in [-0.1, -0.05) is 0 Å². The molecule has 1 amide bonds. The highest BCUT2D eigenvalue weighted by molar-refractivity contribution is 5.77. The number of carbonyl (C=O) groups excluding carboxylic acids is 1. The molecule has 1 aromatic heterocycles. The van der Waals surface area contributed by atoms with E-state index in [1.807, 2.05) is 4.90 Å². The van der Waals surface area contributed by atoms with Gasteiger partial charge in [-0.2, -0.15) is 0 Å². The van der Waals surface area contributed by atoms with E-state index in [1.54, 1.807) is 0 Å². The van der Waals surface area contributed by atoms with E-state index < -0.39 is 0 Å². The first kappa shape index (κ1) is 14.3. The first-order valence-electron chi connectivity index (χ1n) is 6.63. The maximum Gasteiger partial charge on any atom is 0.224 e. The van der Waals surface area contributed by atoms with Crippen LogP contribution in [0, 0.1) is 0 Å². The topological polar surface area (TPSA) is 105 Å². The van der Waals surface area contributed by atoms with Crippen molar-refractivity contribution in [3.63, 3.8) is 0 Å². The molecular weight excluding hydrogens is 260 g/mol. The highest BCUT2D eigenvalue weighted by Gasteiger charge is 2.17. The van der Waals surface area contributed by atoms with Crippen molar-refractivity contribution in [1.82, 2.24) is 14.9 Å². The Bertz CT molecular complexity index is 461. The Morgan fingerprint density at radius 2 is 2.10 bits per heavy atom. The normalized spacial score (nSPS) is 14.2. The molecule has 110 valence electrons. The fourth-order valence-electron chi connectivity index (χ4n) is 2.21. The Labute approximate surface area is 117 Å². The van der Waals surface area contributed by atoms with Crippen LogP contribution in [0.15, 0.2) is 6.33 Å². The number of ether oxygens (including phenoxy) is 1. The van der Waals surface area contributed by atoms with Crippen LogP contribution < -0.4 is 21.3 Å². The van der Waals surface area contributed by atoms with Crippen LogP contribution in [0.25, 0.3) is 0 Å². The highest BCUT2D eigenvalue weighted by Crippen LogP contribution is 2.27. The number of likely N-dealkylation sites (tertiary alicyclic amines) is 1. The molecule has 2 heterocycles. The predicted octanol–water partition coefficient (Wildman–Crippen LogP) is 0.195. The zero-order valence-corrected chi connectivity index (χ0v) is 11.6. The van der Waals surface area contributed by atoms with Gasteiger partial charge in [-0.3, -0.25) is 4.79 Å². The summed E-state index contributed by atoms with van der Waals surface area (Å²) in [7, 11) is 1.51. The van der Waals surface area contributed by atoms with Crippen LogP contribution in [0.2, 0.25) is 0 Å². The van der Waals surface area contributed by atoms with Crippen LogP contribution >= 0.6 is 0 Å². The van der Waals surface area contributed by atoms with E-state index in [0.29, 0.717) is 30.4 Å². The van der Waals surface area contributed by atoms with Crippen LogP contribution in [0.4, 0.5) is 11.6 Å². The number of carbonyl (C=O) groups is 1. The summed E-state index contributed by atoms with van der Waals surface area (Å²) in [6.07, 6.45) is 4.01. The van der Waals surface area contributed by atoms with Crippen LogP contribution in [0.1, 0.15) is 19.3 Å². The molecule has 4 N–H and O–H groups in total. The second-order valence-electron chi connectivity index (χ2n) is 4.51. The largest absolute Gasteiger partial charge is 0.490 e. The van der Waals surface area contributed by atoms with E-state index in [-0.39, 0.29) is 5.91 Å². The molecule has 0 radical (unpaired) electrons. The lowest BCUT2D eigenvalue weighted by molar-refractivity contribution is -0.129. The number of nitrogens with zero attached hydrogens (tertiary/aromatic N) is 3. The summed E-state index contributed by atoms with van der Waals surface area (Å²) in [5.74, 6) is 6.86. The molecule has 0 saturated carbocycles. The van der Waals surface area contributed by atoms with E-state index in [0.717, 1.165) is 25.9 Å². The third-order valence-electron chi connectivity index (χ3n) is 3.23. The Hall–Kier alpha value is -2.09. The van der Waals surface area contributed by atoms with Gasteiger partial charge in [-0.05, 0) is 12.8 Å². The molecule has 1 aliphatic heterocycles. The molecular formula is C12H20N6O2. The van der Waals surface area contributed by atoms with Crippen LogP contribution in [-0.2, 0) is 4.79 Å². The summed E-state index contributed by atoms with van der Waals surface area (Å²) in [6, 6.07) is 0. The third kappa shape index (κ3) is 3.27. The minimum atomic E-state index is 0.167. The smallest absolute Gasteiger partial charge is 0.224 e. The molecule has 2 rings (SSSR count). The lowest BCUT2D eigenvalue weighted by Crippen LogP contribution is -2.29. The van der Waals surface area contributed by atoms with Gasteiger partial charge in [-0.15, -0.1) is 0 Å². The van der Waals surface area contributed by atoms with Crippen molar-refractivity contribution >= 4 is 17.5 Å². The summed E-state index contributed by atoms with van der Waals surface area (Å²) in [5.41, 5.74) is 2.44. The fraction of sp³-hybridized carbons (Fsp3) is 0.583. The van der Waals surface area contributed by atoms with Gasteiger partial charge in [0, 0.05) is 26.1 Å². The van der Waals surface area contributed by atoms with Crippen LogP contribution in [0.5, 0.6) is 5.75 Å². The molecule has 8 nitrogen and oxygen atoms in total. The first-order chi connectivity index (χ1) is 9.76. The zero-order valence-electron chi connectivity index (χ0n) is 11.6. The number of hydrogen-bond acceptors (Lipinski definition) is 7. The lowest BCUT2D eigenvalue weighted by Gasteiger charge is -2.16. The number of rotatable bonds is 6. The molecule has 0 aliphatic carbocycles. The molecule has 0 atom stereocenters. The third-order valence-corrected chi connectivity index (χ3v) is 3.23. The summed E-state index contributed by atoms with van der Waals surface area (Å²) < 4.78 is 5.20. The van der Waals surface area contributed by atoms with Crippen molar-refractivity contribution in [1.29, 1.82) is 0 Å². The summed E-state index contributed by atoms with van der Waals surface area (Å²) in [5, 5.41) is 3.07. The number of hydrazine groups is 1. The van der Waals surface area contributed by atoms with E-state index in [9.17, 15) is 4.79 Å². The van der Waals surface area contributed by atoms with E-state index >= 15 is 0 Å². The number of methoxy groups -OCH3 is 1. The minimum absolute atomic E-state index is 0.167. The molecule has 0 spiro atoms. The Morgan fingerprint density at radius 3 is 2.75 bits per heavy atom. The molecule has 1 aromatic rings. The zero-order chi connectivity index (χ0) is 14.4. The monoisotopic (exact) mass is 280 g/mol. The highest BCUT2D eigenvalue weighted by atomic mass is 16.5. The Morgan fingerprint density at radius 1 is 1.40 bits per heavy atom. The molecule has 0 bridgehead atoms. The Kier molecular flexibility index (Phi) is 4.94. The second-order valence-corrected chi connectivity index (χ2v) is 4.51. The summed E-state index contributed by atoms with van der Waals surface area (Å²) in [6.45, 7) is 2.24. The number of anilines is 2. The van der Waals surface area contributed by atoms with Gasteiger partial charge < -0.3 is 20.4 Å². The molecule has 1 saturated heterocycles. The standard InChI is InChI=1S/C12H20N6O2/c1-20-10-11(15-8-16-12(10)17-13)14-5-4-9(19)18-6-2-3-7-18/h8H,2-7,13H2,1H3,(H2,14,15,16,17). The van der Waals surface area contributed by atoms with Gasteiger partial charge in [0.15, 0.2) is 11.6 Å². The maximum atomic E-state index is 11.9. The number of nitrogens with one attached hydrogen (secondary N) is 2. The quantitative estimate of drug-likeness (QED) is 0.504. The van der Waals surface area contributed by atoms with Gasteiger partial charge in [0.2, 0.25) is 11.7 Å². The molecule has 20 heavy (non-hydrogen) atoms. The maximum absolute atomic E-state index is 11.9.